The third-order valence-electron chi connectivity index (χ3n) is 4.84. The fourth-order valence-corrected chi connectivity index (χ4v) is 3.39. The zero-order chi connectivity index (χ0) is 20.4. The Labute approximate surface area is 169 Å². The molecule has 0 fully saturated rings. The average molecular weight is 398 g/mol. The van der Waals surface area contributed by atoms with Crippen LogP contribution in [-0.2, 0) is 6.54 Å². The zero-order valence-electron chi connectivity index (χ0n) is 16.5. The Balaban J connectivity index is 2.07. The van der Waals surface area contributed by atoms with E-state index in [1.165, 1.54) is 4.68 Å². The van der Waals surface area contributed by atoms with Gasteiger partial charge in [0.1, 0.15) is 0 Å². The van der Waals surface area contributed by atoms with Crippen LogP contribution in [0.4, 0.5) is 0 Å². The van der Waals surface area contributed by atoms with E-state index in [0.717, 1.165) is 5.56 Å². The number of hydrogen-bond donors (Lipinski definition) is 0. The summed E-state index contributed by atoms with van der Waals surface area (Å²) in [5.41, 5.74) is 1.04. The standard InChI is InChI=1S/C22H24ClN3O2/c1-14(2)13-26-21(27)19-11-6-5-10-18(19)20(24-26)22(28)25(4)15(3)16-8-7-9-17(23)12-16/h5-12,14-15H,13H2,1-4H3. The molecule has 146 valence electrons. The van der Waals surface area contributed by atoms with E-state index in [1.54, 1.807) is 36.2 Å². The van der Waals surface area contributed by atoms with E-state index in [2.05, 4.69) is 5.10 Å². The van der Waals surface area contributed by atoms with Crippen molar-refractivity contribution >= 4 is 28.3 Å². The van der Waals surface area contributed by atoms with Gasteiger partial charge in [0.05, 0.1) is 11.4 Å². The summed E-state index contributed by atoms with van der Waals surface area (Å²) in [6.45, 7) is 6.42. The number of hydrogen-bond acceptors (Lipinski definition) is 3. The summed E-state index contributed by atoms with van der Waals surface area (Å²) in [6.07, 6.45) is 0. The minimum Gasteiger partial charge on any atom is -0.334 e. The van der Waals surface area contributed by atoms with Crippen LogP contribution in [0.25, 0.3) is 10.8 Å². The molecule has 0 radical (unpaired) electrons. The van der Waals surface area contributed by atoms with E-state index in [-0.39, 0.29) is 29.1 Å². The molecule has 1 amide bonds. The molecule has 0 bridgehead atoms. The predicted molar refractivity (Wildman–Crippen MR) is 113 cm³/mol. The summed E-state index contributed by atoms with van der Waals surface area (Å²) in [5.74, 6) is -0.00129. The van der Waals surface area contributed by atoms with Crippen LogP contribution in [0.15, 0.2) is 53.3 Å². The number of rotatable bonds is 5. The topological polar surface area (TPSA) is 55.2 Å². The van der Waals surface area contributed by atoms with Crippen molar-refractivity contribution in [3.8, 4) is 0 Å². The monoisotopic (exact) mass is 397 g/mol. The van der Waals surface area contributed by atoms with Crippen molar-refractivity contribution in [1.29, 1.82) is 0 Å². The summed E-state index contributed by atoms with van der Waals surface area (Å²) in [6, 6.07) is 14.4. The van der Waals surface area contributed by atoms with Gasteiger partial charge in [-0.05, 0) is 36.6 Å². The highest BCUT2D eigenvalue weighted by Gasteiger charge is 2.24. The van der Waals surface area contributed by atoms with Crippen molar-refractivity contribution in [3.63, 3.8) is 0 Å². The van der Waals surface area contributed by atoms with Crippen molar-refractivity contribution in [3.05, 3.63) is 75.2 Å². The maximum absolute atomic E-state index is 13.3. The highest BCUT2D eigenvalue weighted by molar-refractivity contribution is 6.30. The van der Waals surface area contributed by atoms with Crippen LogP contribution in [0.1, 0.15) is 42.9 Å². The quantitative estimate of drug-likeness (QED) is 0.635. The van der Waals surface area contributed by atoms with E-state index in [4.69, 9.17) is 11.6 Å². The molecular formula is C22H24ClN3O2. The van der Waals surface area contributed by atoms with Crippen LogP contribution in [0.2, 0.25) is 5.02 Å². The molecule has 3 rings (SSSR count). The lowest BCUT2D eigenvalue weighted by molar-refractivity contribution is 0.0736. The molecule has 1 unspecified atom stereocenters. The number of nitrogens with zero attached hydrogens (tertiary/aromatic N) is 3. The number of carbonyl (C=O) groups is 1. The molecule has 0 aliphatic carbocycles. The van der Waals surface area contributed by atoms with Crippen molar-refractivity contribution in [1.82, 2.24) is 14.7 Å². The van der Waals surface area contributed by atoms with Gasteiger partial charge < -0.3 is 4.90 Å². The van der Waals surface area contributed by atoms with Crippen LogP contribution in [0, 0.1) is 5.92 Å². The Kier molecular flexibility index (Phi) is 5.84. The second kappa shape index (κ2) is 8.15. The minimum absolute atomic E-state index is 0.175. The van der Waals surface area contributed by atoms with Gasteiger partial charge in [-0.1, -0.05) is 55.8 Å². The summed E-state index contributed by atoms with van der Waals surface area (Å²) in [5, 5.41) is 6.14. The van der Waals surface area contributed by atoms with E-state index < -0.39 is 0 Å². The van der Waals surface area contributed by atoms with E-state index in [9.17, 15) is 9.59 Å². The highest BCUT2D eigenvalue weighted by atomic mass is 35.5. The SMILES string of the molecule is CC(C)Cn1nc(C(=O)N(C)C(C)c2cccc(Cl)c2)c2ccccc2c1=O. The van der Waals surface area contributed by atoms with Crippen molar-refractivity contribution < 1.29 is 4.79 Å². The van der Waals surface area contributed by atoms with Gasteiger partial charge in [0.2, 0.25) is 0 Å². The van der Waals surface area contributed by atoms with Crippen LogP contribution in [0.3, 0.4) is 0 Å². The van der Waals surface area contributed by atoms with Gasteiger partial charge in [0, 0.05) is 24.0 Å². The molecule has 0 N–H and O–H groups in total. The molecule has 0 aliphatic heterocycles. The minimum atomic E-state index is -0.235. The molecule has 3 aromatic rings. The fourth-order valence-electron chi connectivity index (χ4n) is 3.20. The van der Waals surface area contributed by atoms with Crippen LogP contribution in [-0.4, -0.2) is 27.6 Å². The van der Waals surface area contributed by atoms with Gasteiger partial charge in [-0.15, -0.1) is 0 Å². The average Bonchev–Trinajstić information content (AvgIpc) is 2.68. The Morgan fingerprint density at radius 3 is 2.43 bits per heavy atom. The highest BCUT2D eigenvalue weighted by Crippen LogP contribution is 2.24. The fraction of sp³-hybridized carbons (Fsp3) is 0.318. The number of benzene rings is 2. The van der Waals surface area contributed by atoms with Gasteiger partial charge in [-0.2, -0.15) is 5.10 Å². The summed E-state index contributed by atoms with van der Waals surface area (Å²) in [7, 11) is 1.74. The first-order chi connectivity index (χ1) is 13.3. The van der Waals surface area contributed by atoms with E-state index in [1.807, 2.05) is 45.0 Å². The van der Waals surface area contributed by atoms with E-state index in [0.29, 0.717) is 22.3 Å². The molecule has 0 spiro atoms. The molecule has 1 atom stereocenters. The van der Waals surface area contributed by atoms with Crippen molar-refractivity contribution in [2.24, 2.45) is 5.92 Å². The van der Waals surface area contributed by atoms with Crippen LogP contribution >= 0.6 is 11.6 Å². The lowest BCUT2D eigenvalue weighted by Gasteiger charge is -2.26. The smallest absolute Gasteiger partial charge is 0.275 e. The zero-order valence-corrected chi connectivity index (χ0v) is 17.3. The van der Waals surface area contributed by atoms with Crippen LogP contribution in [0.5, 0.6) is 0 Å². The molecule has 2 aromatic carbocycles. The number of carbonyl (C=O) groups excluding carboxylic acids is 1. The molecule has 0 saturated heterocycles. The van der Waals surface area contributed by atoms with Gasteiger partial charge in [-0.3, -0.25) is 9.59 Å². The second-order valence-corrected chi connectivity index (χ2v) is 7.86. The number of fused-ring (bicyclic) bond motifs is 1. The van der Waals surface area contributed by atoms with Gasteiger partial charge in [0.15, 0.2) is 5.69 Å². The Hall–Kier alpha value is -2.66. The first-order valence-electron chi connectivity index (χ1n) is 9.32. The van der Waals surface area contributed by atoms with Gasteiger partial charge in [0.25, 0.3) is 11.5 Å². The second-order valence-electron chi connectivity index (χ2n) is 7.42. The Morgan fingerprint density at radius 1 is 1.11 bits per heavy atom. The Morgan fingerprint density at radius 2 is 1.79 bits per heavy atom. The van der Waals surface area contributed by atoms with Gasteiger partial charge >= 0.3 is 0 Å². The third kappa shape index (κ3) is 3.94. The predicted octanol–water partition coefficient (Wildman–Crippen LogP) is 4.54. The van der Waals surface area contributed by atoms with Gasteiger partial charge in [-0.25, -0.2) is 4.68 Å². The summed E-state index contributed by atoms with van der Waals surface area (Å²) in [4.78, 5) is 27.7. The maximum Gasteiger partial charge on any atom is 0.275 e. The largest absolute Gasteiger partial charge is 0.334 e. The maximum atomic E-state index is 13.3. The molecule has 28 heavy (non-hydrogen) atoms. The molecular weight excluding hydrogens is 374 g/mol. The molecule has 1 heterocycles. The molecule has 6 heteroatoms. The third-order valence-corrected chi connectivity index (χ3v) is 5.08. The van der Waals surface area contributed by atoms with Crippen molar-refractivity contribution in [2.75, 3.05) is 7.05 Å². The first kappa shape index (κ1) is 20.1. The van der Waals surface area contributed by atoms with Crippen LogP contribution < -0.4 is 5.56 Å². The molecule has 1 aromatic heterocycles. The molecule has 0 aliphatic rings. The summed E-state index contributed by atoms with van der Waals surface area (Å²) >= 11 is 6.10. The molecule has 0 saturated carbocycles. The normalized spacial score (nSPS) is 12.4. The first-order valence-corrected chi connectivity index (χ1v) is 9.70. The molecule has 5 nitrogen and oxygen atoms in total. The summed E-state index contributed by atoms with van der Waals surface area (Å²) < 4.78 is 1.40. The van der Waals surface area contributed by atoms with Crippen molar-refractivity contribution in [2.45, 2.75) is 33.4 Å². The number of aromatic nitrogens is 2. The lowest BCUT2D eigenvalue weighted by atomic mass is 10.1. The van der Waals surface area contributed by atoms with E-state index >= 15 is 0 Å². The number of halogens is 1. The lowest BCUT2D eigenvalue weighted by Crippen LogP contribution is -2.34. The number of amides is 1. The Bertz CT molecular complexity index is 1070.